The summed E-state index contributed by atoms with van der Waals surface area (Å²) < 4.78 is 5.73. The first-order chi connectivity index (χ1) is 10.0. The number of hydrogen-bond donors (Lipinski definition) is 1. The van der Waals surface area contributed by atoms with E-state index in [0.29, 0.717) is 32.5 Å². The fourth-order valence-corrected chi connectivity index (χ4v) is 2.78. The minimum absolute atomic E-state index is 0.0399. The summed E-state index contributed by atoms with van der Waals surface area (Å²) in [5.41, 5.74) is 0.285. The molecule has 1 N–H and O–H groups in total. The number of phenolic OH excluding ortho intramolecular Hbond substituents is 1. The number of phenols is 1. The van der Waals surface area contributed by atoms with Gasteiger partial charge in [0.15, 0.2) is 0 Å². The van der Waals surface area contributed by atoms with Crippen LogP contribution in [0.2, 0.25) is 0 Å². The fraction of sp³-hybridized carbons (Fsp3) is 0.467. The first kappa shape index (κ1) is 15.8. The minimum atomic E-state index is -0.206. The number of nitrogens with zero attached hydrogens (tertiary/aromatic N) is 1. The molecule has 1 amide bonds. The first-order valence-corrected chi connectivity index (χ1v) is 7.76. The van der Waals surface area contributed by atoms with Crippen molar-refractivity contribution in [1.82, 2.24) is 4.90 Å². The molecular weight excluding hydrogens is 338 g/mol. The van der Waals surface area contributed by atoms with Gasteiger partial charge in [-0.3, -0.25) is 9.59 Å². The van der Waals surface area contributed by atoms with Crippen molar-refractivity contribution in [2.24, 2.45) is 5.92 Å². The molecule has 1 aromatic rings. The minimum Gasteiger partial charge on any atom is -0.507 e. The van der Waals surface area contributed by atoms with E-state index in [-0.39, 0.29) is 29.1 Å². The molecule has 1 fully saturated rings. The Hall–Kier alpha value is -1.56. The zero-order valence-electron chi connectivity index (χ0n) is 11.8. The van der Waals surface area contributed by atoms with Crippen molar-refractivity contribution < 1.29 is 19.4 Å². The molecule has 0 bridgehead atoms. The SMILES string of the molecule is CCOC(=O)C1CCN(C(=O)c2ccc(Br)cc2O)CC1. The molecule has 0 radical (unpaired) electrons. The van der Waals surface area contributed by atoms with Gasteiger partial charge >= 0.3 is 5.97 Å². The van der Waals surface area contributed by atoms with Crippen molar-refractivity contribution in [3.05, 3.63) is 28.2 Å². The van der Waals surface area contributed by atoms with Crippen molar-refractivity contribution in [2.45, 2.75) is 19.8 Å². The van der Waals surface area contributed by atoms with Gasteiger partial charge in [-0.25, -0.2) is 0 Å². The van der Waals surface area contributed by atoms with Crippen molar-refractivity contribution in [3.8, 4) is 5.75 Å². The lowest BCUT2D eigenvalue weighted by Gasteiger charge is -2.31. The predicted molar refractivity (Wildman–Crippen MR) is 81.1 cm³/mol. The molecule has 114 valence electrons. The molecule has 1 aliphatic rings. The Morgan fingerprint density at radius 2 is 2.05 bits per heavy atom. The molecule has 1 heterocycles. The predicted octanol–water partition coefficient (Wildman–Crippen LogP) is 2.57. The standard InChI is InChI=1S/C15H18BrNO4/c1-2-21-15(20)10-5-7-17(8-6-10)14(19)12-4-3-11(16)9-13(12)18/h3-4,9-10,18H,2,5-8H2,1H3. The van der Waals surface area contributed by atoms with E-state index in [0.717, 1.165) is 4.47 Å². The Morgan fingerprint density at radius 3 is 2.62 bits per heavy atom. The van der Waals surface area contributed by atoms with Gasteiger partial charge < -0.3 is 14.7 Å². The first-order valence-electron chi connectivity index (χ1n) is 6.97. The van der Waals surface area contributed by atoms with E-state index in [1.54, 1.807) is 24.0 Å². The van der Waals surface area contributed by atoms with Crippen LogP contribution < -0.4 is 0 Å². The molecule has 5 nitrogen and oxygen atoms in total. The summed E-state index contributed by atoms with van der Waals surface area (Å²) in [5, 5.41) is 9.85. The Balaban J connectivity index is 1.98. The molecule has 0 atom stereocenters. The van der Waals surface area contributed by atoms with Crippen LogP contribution in [0.15, 0.2) is 22.7 Å². The van der Waals surface area contributed by atoms with E-state index in [9.17, 15) is 14.7 Å². The van der Waals surface area contributed by atoms with Crippen LogP contribution in [0.1, 0.15) is 30.1 Å². The average Bonchev–Trinajstić information content (AvgIpc) is 2.47. The van der Waals surface area contributed by atoms with Gasteiger partial charge in [0.25, 0.3) is 5.91 Å². The zero-order valence-corrected chi connectivity index (χ0v) is 13.4. The third-order valence-corrected chi connectivity index (χ3v) is 4.09. The van der Waals surface area contributed by atoms with Crippen molar-refractivity contribution in [1.29, 1.82) is 0 Å². The lowest BCUT2D eigenvalue weighted by Crippen LogP contribution is -2.40. The van der Waals surface area contributed by atoms with Crippen LogP contribution in [0, 0.1) is 5.92 Å². The van der Waals surface area contributed by atoms with E-state index in [2.05, 4.69) is 15.9 Å². The number of esters is 1. The van der Waals surface area contributed by atoms with E-state index < -0.39 is 0 Å². The lowest BCUT2D eigenvalue weighted by atomic mass is 9.96. The van der Waals surface area contributed by atoms with Crippen LogP contribution in [-0.4, -0.2) is 41.6 Å². The highest BCUT2D eigenvalue weighted by Gasteiger charge is 2.29. The summed E-state index contributed by atoms with van der Waals surface area (Å²) in [6, 6.07) is 4.82. The summed E-state index contributed by atoms with van der Waals surface area (Å²) in [6.07, 6.45) is 1.20. The molecule has 1 saturated heterocycles. The molecule has 21 heavy (non-hydrogen) atoms. The third-order valence-electron chi connectivity index (χ3n) is 3.59. The smallest absolute Gasteiger partial charge is 0.309 e. The van der Waals surface area contributed by atoms with Gasteiger partial charge in [-0.2, -0.15) is 0 Å². The van der Waals surface area contributed by atoms with Crippen molar-refractivity contribution in [2.75, 3.05) is 19.7 Å². The van der Waals surface area contributed by atoms with Crippen LogP contribution in [0.5, 0.6) is 5.75 Å². The highest BCUT2D eigenvalue weighted by atomic mass is 79.9. The van der Waals surface area contributed by atoms with Crippen LogP contribution in [0.25, 0.3) is 0 Å². The molecule has 1 aliphatic heterocycles. The van der Waals surface area contributed by atoms with E-state index in [1.165, 1.54) is 6.07 Å². The molecule has 0 aromatic heterocycles. The number of rotatable bonds is 3. The lowest BCUT2D eigenvalue weighted by molar-refractivity contribution is -0.149. The van der Waals surface area contributed by atoms with Gasteiger partial charge in [0, 0.05) is 17.6 Å². The summed E-state index contributed by atoms with van der Waals surface area (Å²) in [5.74, 6) is -0.562. The number of amides is 1. The van der Waals surface area contributed by atoms with Gasteiger partial charge in [-0.1, -0.05) is 15.9 Å². The van der Waals surface area contributed by atoms with Gasteiger partial charge in [0.2, 0.25) is 0 Å². The Bertz CT molecular complexity index is 538. The van der Waals surface area contributed by atoms with Gasteiger partial charge in [0.05, 0.1) is 18.1 Å². The van der Waals surface area contributed by atoms with Crippen LogP contribution in [-0.2, 0) is 9.53 Å². The number of likely N-dealkylation sites (tertiary alicyclic amines) is 1. The second kappa shape index (κ2) is 6.93. The number of aromatic hydroxyl groups is 1. The normalized spacial score (nSPS) is 15.8. The topological polar surface area (TPSA) is 66.8 Å². The van der Waals surface area contributed by atoms with Crippen molar-refractivity contribution >= 4 is 27.8 Å². The van der Waals surface area contributed by atoms with Crippen LogP contribution in [0.4, 0.5) is 0 Å². The van der Waals surface area contributed by atoms with Crippen LogP contribution in [0.3, 0.4) is 0 Å². The number of piperidine rings is 1. The van der Waals surface area contributed by atoms with Crippen molar-refractivity contribution in [3.63, 3.8) is 0 Å². The number of ether oxygens (including phenoxy) is 1. The van der Waals surface area contributed by atoms with Gasteiger partial charge in [0.1, 0.15) is 5.75 Å². The highest BCUT2D eigenvalue weighted by molar-refractivity contribution is 9.10. The molecular formula is C15H18BrNO4. The average molecular weight is 356 g/mol. The molecule has 0 saturated carbocycles. The molecule has 6 heteroatoms. The third kappa shape index (κ3) is 3.75. The summed E-state index contributed by atoms with van der Waals surface area (Å²) in [6.45, 7) is 3.16. The molecule has 2 rings (SSSR count). The fourth-order valence-electron chi connectivity index (χ4n) is 2.43. The molecule has 1 aromatic carbocycles. The summed E-state index contributed by atoms with van der Waals surface area (Å²) in [4.78, 5) is 25.7. The number of benzene rings is 1. The highest BCUT2D eigenvalue weighted by Crippen LogP contribution is 2.26. The monoisotopic (exact) mass is 355 g/mol. The second-order valence-electron chi connectivity index (χ2n) is 4.98. The van der Waals surface area contributed by atoms with E-state index in [4.69, 9.17) is 4.74 Å². The Kier molecular flexibility index (Phi) is 5.22. The summed E-state index contributed by atoms with van der Waals surface area (Å²) in [7, 11) is 0. The van der Waals surface area contributed by atoms with Gasteiger partial charge in [-0.15, -0.1) is 0 Å². The number of halogens is 1. The van der Waals surface area contributed by atoms with Crippen LogP contribution >= 0.6 is 15.9 Å². The Labute approximate surface area is 132 Å². The number of carbonyl (C=O) groups excluding carboxylic acids is 2. The maximum absolute atomic E-state index is 12.4. The summed E-state index contributed by atoms with van der Waals surface area (Å²) >= 11 is 3.24. The molecule has 0 unspecified atom stereocenters. The van der Waals surface area contributed by atoms with E-state index >= 15 is 0 Å². The quantitative estimate of drug-likeness (QED) is 0.846. The second-order valence-corrected chi connectivity index (χ2v) is 5.90. The zero-order chi connectivity index (χ0) is 15.4. The molecule has 0 spiro atoms. The largest absolute Gasteiger partial charge is 0.507 e. The van der Waals surface area contributed by atoms with Gasteiger partial charge in [-0.05, 0) is 38.0 Å². The number of carbonyl (C=O) groups is 2. The number of hydrogen-bond acceptors (Lipinski definition) is 4. The maximum atomic E-state index is 12.4. The Morgan fingerprint density at radius 1 is 1.38 bits per heavy atom. The maximum Gasteiger partial charge on any atom is 0.309 e. The van der Waals surface area contributed by atoms with E-state index in [1.807, 2.05) is 0 Å². The molecule has 0 aliphatic carbocycles.